The van der Waals surface area contributed by atoms with E-state index in [9.17, 15) is 9.59 Å². The van der Waals surface area contributed by atoms with Crippen molar-refractivity contribution < 1.29 is 9.59 Å². The zero-order chi connectivity index (χ0) is 20.1. The third-order valence-electron chi connectivity index (χ3n) is 5.35. The van der Waals surface area contributed by atoms with E-state index >= 15 is 0 Å². The van der Waals surface area contributed by atoms with E-state index in [2.05, 4.69) is 66.3 Å². The summed E-state index contributed by atoms with van der Waals surface area (Å²) in [4.78, 5) is 23.1. The monoisotopic (exact) mass is 380 g/mol. The van der Waals surface area contributed by atoms with E-state index in [1.807, 2.05) is 24.3 Å². The first kappa shape index (κ1) is 19.7. The first-order valence-electron chi connectivity index (χ1n) is 9.66. The summed E-state index contributed by atoms with van der Waals surface area (Å²) in [6.45, 7) is 7.46. The van der Waals surface area contributed by atoms with Gasteiger partial charge in [0.2, 0.25) is 5.91 Å². The van der Waals surface area contributed by atoms with Gasteiger partial charge in [0.05, 0.1) is 0 Å². The molecule has 3 amide bonds. The molecule has 6 nitrogen and oxygen atoms in total. The Hall–Kier alpha value is -3.02. The molecule has 1 heterocycles. The summed E-state index contributed by atoms with van der Waals surface area (Å²) < 4.78 is 0. The molecule has 148 valence electrons. The molecule has 0 radical (unpaired) electrons. The second kappa shape index (κ2) is 8.33. The van der Waals surface area contributed by atoms with Crippen molar-refractivity contribution in [2.24, 2.45) is 0 Å². The van der Waals surface area contributed by atoms with Crippen LogP contribution in [0.5, 0.6) is 0 Å². The topological polar surface area (TPSA) is 82.3 Å². The predicted octanol–water partition coefficient (Wildman–Crippen LogP) is 3.42. The Labute approximate surface area is 166 Å². The van der Waals surface area contributed by atoms with Crippen molar-refractivity contribution in [1.29, 1.82) is 0 Å². The lowest BCUT2D eigenvalue weighted by atomic mass is 9.82. The van der Waals surface area contributed by atoms with Crippen molar-refractivity contribution in [2.75, 3.05) is 11.9 Å². The van der Waals surface area contributed by atoms with Crippen LogP contribution < -0.4 is 21.3 Å². The number of nitrogens with one attached hydrogen (secondary N) is 4. The summed E-state index contributed by atoms with van der Waals surface area (Å²) in [6.07, 6.45) is 1.10. The first-order valence-corrected chi connectivity index (χ1v) is 9.66. The zero-order valence-corrected chi connectivity index (χ0v) is 16.6. The molecular weight excluding hydrogens is 352 g/mol. The molecule has 3 rings (SSSR count). The molecule has 0 bridgehead atoms. The lowest BCUT2D eigenvalue weighted by Crippen LogP contribution is -2.42. The molecule has 2 aromatic carbocycles. The van der Waals surface area contributed by atoms with Crippen LogP contribution in [-0.2, 0) is 16.8 Å². The fourth-order valence-electron chi connectivity index (χ4n) is 3.01. The fraction of sp³-hybridized carbons (Fsp3) is 0.364. The van der Waals surface area contributed by atoms with Crippen molar-refractivity contribution in [2.45, 2.75) is 45.2 Å². The number of anilines is 2. The largest absolute Gasteiger partial charge is 0.356 e. The molecule has 1 aliphatic heterocycles. The summed E-state index contributed by atoms with van der Waals surface area (Å²) >= 11 is 0. The molecule has 0 saturated carbocycles. The van der Waals surface area contributed by atoms with E-state index in [0.29, 0.717) is 13.1 Å². The Bertz CT molecular complexity index is 829. The molecule has 28 heavy (non-hydrogen) atoms. The molecule has 1 atom stereocenters. The Kier molecular flexibility index (Phi) is 5.87. The predicted molar refractivity (Wildman–Crippen MR) is 112 cm³/mol. The van der Waals surface area contributed by atoms with Crippen molar-refractivity contribution in [3.63, 3.8) is 0 Å². The van der Waals surface area contributed by atoms with Crippen LogP contribution in [0.15, 0.2) is 48.5 Å². The third-order valence-corrected chi connectivity index (χ3v) is 5.35. The van der Waals surface area contributed by atoms with Gasteiger partial charge in [-0.1, -0.05) is 45.0 Å². The maximum atomic E-state index is 12.0. The van der Waals surface area contributed by atoms with Crippen LogP contribution in [0.2, 0.25) is 0 Å². The number of benzene rings is 2. The molecule has 1 unspecified atom stereocenters. The van der Waals surface area contributed by atoms with Crippen molar-refractivity contribution in [1.82, 2.24) is 16.0 Å². The van der Waals surface area contributed by atoms with Crippen molar-refractivity contribution >= 4 is 23.3 Å². The number of amides is 3. The van der Waals surface area contributed by atoms with E-state index in [1.165, 1.54) is 5.56 Å². The molecule has 0 aliphatic carbocycles. The Morgan fingerprint density at radius 3 is 2.21 bits per heavy atom. The van der Waals surface area contributed by atoms with Gasteiger partial charge in [0, 0.05) is 24.5 Å². The Morgan fingerprint density at radius 1 is 1.07 bits per heavy atom. The van der Waals surface area contributed by atoms with Gasteiger partial charge in [-0.25, -0.2) is 4.79 Å². The normalized spacial score (nSPS) is 16.2. The highest BCUT2D eigenvalue weighted by atomic mass is 16.2. The Morgan fingerprint density at radius 2 is 1.68 bits per heavy atom. The molecule has 4 N–H and O–H groups in total. The molecule has 1 aliphatic rings. The number of urea groups is 1. The minimum atomic E-state index is -0.505. The molecule has 1 fully saturated rings. The van der Waals surface area contributed by atoms with Gasteiger partial charge in [0.15, 0.2) is 0 Å². The van der Waals surface area contributed by atoms with E-state index in [4.69, 9.17) is 0 Å². The van der Waals surface area contributed by atoms with Gasteiger partial charge in [-0.05, 0) is 47.2 Å². The van der Waals surface area contributed by atoms with Crippen LogP contribution in [0, 0.1) is 0 Å². The minimum Gasteiger partial charge on any atom is -0.356 e. The SMILES string of the molecule is CCC(C)(C)c1ccc(Nc2ccc(CNC(=O)C3CNC(=O)N3)cc2)cc1. The lowest BCUT2D eigenvalue weighted by Gasteiger charge is -2.23. The minimum absolute atomic E-state index is 0.183. The Balaban J connectivity index is 1.53. The van der Waals surface area contributed by atoms with E-state index in [-0.39, 0.29) is 17.4 Å². The zero-order valence-electron chi connectivity index (χ0n) is 16.6. The third kappa shape index (κ3) is 4.82. The van der Waals surface area contributed by atoms with Gasteiger partial charge >= 0.3 is 6.03 Å². The lowest BCUT2D eigenvalue weighted by molar-refractivity contribution is -0.122. The van der Waals surface area contributed by atoms with E-state index in [1.54, 1.807) is 0 Å². The van der Waals surface area contributed by atoms with E-state index in [0.717, 1.165) is 23.4 Å². The van der Waals surface area contributed by atoms with Crippen LogP contribution in [0.25, 0.3) is 0 Å². The summed E-state index contributed by atoms with van der Waals surface area (Å²) in [6, 6.07) is 15.7. The summed E-state index contributed by atoms with van der Waals surface area (Å²) in [5.74, 6) is -0.185. The number of carbonyl (C=O) groups excluding carboxylic acids is 2. The van der Waals surface area contributed by atoms with Crippen molar-refractivity contribution in [3.8, 4) is 0 Å². The maximum Gasteiger partial charge on any atom is 0.315 e. The van der Waals surface area contributed by atoms with E-state index < -0.39 is 6.04 Å². The second-order valence-electron chi connectivity index (χ2n) is 7.76. The molecular formula is C22H28N4O2. The van der Waals surface area contributed by atoms with Crippen LogP contribution >= 0.6 is 0 Å². The highest BCUT2D eigenvalue weighted by Crippen LogP contribution is 2.28. The highest BCUT2D eigenvalue weighted by Gasteiger charge is 2.26. The molecule has 1 saturated heterocycles. The average molecular weight is 380 g/mol. The average Bonchev–Trinajstić information content (AvgIpc) is 3.14. The smallest absolute Gasteiger partial charge is 0.315 e. The molecule has 2 aromatic rings. The summed E-state index contributed by atoms with van der Waals surface area (Å²) in [7, 11) is 0. The van der Waals surface area contributed by atoms with Gasteiger partial charge in [-0.15, -0.1) is 0 Å². The second-order valence-corrected chi connectivity index (χ2v) is 7.76. The van der Waals surface area contributed by atoms with Crippen LogP contribution in [0.1, 0.15) is 38.3 Å². The number of rotatable bonds is 7. The summed E-state index contributed by atoms with van der Waals surface area (Å²) in [5.41, 5.74) is 4.55. The van der Waals surface area contributed by atoms with Gasteiger partial charge in [0.25, 0.3) is 0 Å². The van der Waals surface area contributed by atoms with Crippen molar-refractivity contribution in [3.05, 3.63) is 59.7 Å². The fourth-order valence-corrected chi connectivity index (χ4v) is 3.01. The van der Waals surface area contributed by atoms with Crippen LogP contribution in [-0.4, -0.2) is 24.5 Å². The van der Waals surface area contributed by atoms with Crippen LogP contribution in [0.3, 0.4) is 0 Å². The van der Waals surface area contributed by atoms with Gasteiger partial charge < -0.3 is 21.3 Å². The quantitative estimate of drug-likeness (QED) is 0.594. The molecule has 0 spiro atoms. The standard InChI is InChI=1S/C22H28N4O2/c1-4-22(2,3)16-7-11-18(12-8-16)25-17-9-5-15(6-10-17)13-23-20(27)19-14-24-21(28)26-19/h5-12,19,25H,4,13-14H2,1-3H3,(H,23,27)(H2,24,26,28). The van der Waals surface area contributed by atoms with Crippen LogP contribution in [0.4, 0.5) is 16.2 Å². The number of carbonyl (C=O) groups is 2. The number of hydrogen-bond donors (Lipinski definition) is 4. The van der Waals surface area contributed by atoms with Gasteiger partial charge in [0.1, 0.15) is 6.04 Å². The molecule has 6 heteroatoms. The highest BCUT2D eigenvalue weighted by molar-refractivity contribution is 5.90. The maximum absolute atomic E-state index is 12.0. The first-order chi connectivity index (χ1) is 13.4. The molecule has 0 aromatic heterocycles. The summed E-state index contributed by atoms with van der Waals surface area (Å²) in [5, 5.41) is 11.4. The number of hydrogen-bond acceptors (Lipinski definition) is 3. The van der Waals surface area contributed by atoms with Gasteiger partial charge in [-0.3, -0.25) is 4.79 Å². The van der Waals surface area contributed by atoms with Gasteiger partial charge in [-0.2, -0.15) is 0 Å².